The van der Waals surface area contributed by atoms with Gasteiger partial charge in [0.2, 0.25) is 0 Å². The highest BCUT2D eigenvalue weighted by Gasteiger charge is 2.12. The van der Waals surface area contributed by atoms with Crippen molar-refractivity contribution < 1.29 is 9.18 Å². The maximum absolute atomic E-state index is 13.4. The molecular weight excluding hydrogens is 253 g/mol. The average Bonchev–Trinajstić information content (AvgIpc) is 2.21. The van der Waals surface area contributed by atoms with Crippen molar-refractivity contribution in [1.29, 1.82) is 0 Å². The Morgan fingerprint density at radius 2 is 2.06 bits per heavy atom. The third-order valence-corrected chi connectivity index (χ3v) is 2.69. The van der Waals surface area contributed by atoms with Gasteiger partial charge in [-0.3, -0.25) is 4.79 Å². The molecule has 0 radical (unpaired) electrons. The number of rotatable bonds is 5. The third kappa shape index (κ3) is 5.61. The molecular formula is C14H19ClFNO. The Balaban J connectivity index is 2.47. The fourth-order valence-electron chi connectivity index (χ4n) is 1.56. The summed E-state index contributed by atoms with van der Waals surface area (Å²) in [7, 11) is 0. The van der Waals surface area contributed by atoms with Crippen LogP contribution < -0.4 is 5.32 Å². The Bertz CT molecular complexity index is 426. The first kappa shape index (κ1) is 15.1. The Hall–Kier alpha value is -0.930. The summed E-state index contributed by atoms with van der Waals surface area (Å²) in [6, 6.07) is 4.27. The van der Waals surface area contributed by atoms with E-state index in [1.54, 1.807) is 0 Å². The molecule has 1 N–H and O–H groups in total. The minimum Gasteiger partial charge on any atom is -0.312 e. The van der Waals surface area contributed by atoms with Gasteiger partial charge in [-0.15, -0.1) is 0 Å². The van der Waals surface area contributed by atoms with E-state index in [9.17, 15) is 9.18 Å². The van der Waals surface area contributed by atoms with Gasteiger partial charge in [0.15, 0.2) is 0 Å². The van der Waals surface area contributed by atoms with Gasteiger partial charge in [0.25, 0.3) is 0 Å². The summed E-state index contributed by atoms with van der Waals surface area (Å²) >= 11 is 5.77. The summed E-state index contributed by atoms with van der Waals surface area (Å²) < 4.78 is 13.4. The highest BCUT2D eigenvalue weighted by atomic mass is 35.5. The standard InChI is InChI=1S/C14H19ClFNO/c1-14(2,3)17-7-6-12(18)9-10-8-11(15)4-5-13(10)16/h4-5,8,17H,6-7,9H2,1-3H3. The van der Waals surface area contributed by atoms with Crippen molar-refractivity contribution in [3.05, 3.63) is 34.6 Å². The number of hydrogen-bond donors (Lipinski definition) is 1. The molecule has 2 nitrogen and oxygen atoms in total. The van der Waals surface area contributed by atoms with E-state index in [1.807, 2.05) is 20.8 Å². The quantitative estimate of drug-likeness (QED) is 0.890. The number of carbonyl (C=O) groups is 1. The lowest BCUT2D eigenvalue weighted by molar-refractivity contribution is -0.118. The zero-order valence-electron chi connectivity index (χ0n) is 11.0. The van der Waals surface area contributed by atoms with Gasteiger partial charge in [0.05, 0.1) is 0 Å². The lowest BCUT2D eigenvalue weighted by Gasteiger charge is -2.20. The molecule has 0 amide bonds. The first-order chi connectivity index (χ1) is 8.28. The van der Waals surface area contributed by atoms with E-state index in [0.29, 0.717) is 23.6 Å². The lowest BCUT2D eigenvalue weighted by atomic mass is 10.1. The lowest BCUT2D eigenvalue weighted by Crippen LogP contribution is -2.37. The van der Waals surface area contributed by atoms with Crippen molar-refractivity contribution in [2.75, 3.05) is 6.54 Å². The second-order valence-electron chi connectivity index (χ2n) is 5.38. The zero-order valence-corrected chi connectivity index (χ0v) is 11.8. The molecule has 0 aliphatic rings. The van der Waals surface area contributed by atoms with Crippen LogP contribution in [0.15, 0.2) is 18.2 Å². The highest BCUT2D eigenvalue weighted by molar-refractivity contribution is 6.30. The molecule has 18 heavy (non-hydrogen) atoms. The smallest absolute Gasteiger partial charge is 0.138 e. The van der Waals surface area contributed by atoms with Crippen molar-refractivity contribution in [3.8, 4) is 0 Å². The molecule has 0 aliphatic heterocycles. The van der Waals surface area contributed by atoms with Crippen molar-refractivity contribution in [2.45, 2.75) is 39.2 Å². The number of ketones is 1. The monoisotopic (exact) mass is 271 g/mol. The van der Waals surface area contributed by atoms with Gasteiger partial charge >= 0.3 is 0 Å². The molecule has 100 valence electrons. The van der Waals surface area contributed by atoms with Gasteiger partial charge in [0, 0.05) is 29.9 Å². The van der Waals surface area contributed by atoms with Crippen LogP contribution in [0.1, 0.15) is 32.8 Å². The number of halogens is 2. The number of carbonyl (C=O) groups excluding carboxylic acids is 1. The molecule has 1 aromatic rings. The van der Waals surface area contributed by atoms with Crippen molar-refractivity contribution in [3.63, 3.8) is 0 Å². The van der Waals surface area contributed by atoms with E-state index >= 15 is 0 Å². The fraction of sp³-hybridized carbons (Fsp3) is 0.500. The van der Waals surface area contributed by atoms with E-state index < -0.39 is 0 Å². The maximum atomic E-state index is 13.4. The van der Waals surface area contributed by atoms with Crippen LogP contribution in [0.5, 0.6) is 0 Å². The summed E-state index contributed by atoms with van der Waals surface area (Å²) in [6.07, 6.45) is 0.488. The Kier molecular flexibility index (Phi) is 5.29. The molecule has 0 aliphatic carbocycles. The minimum atomic E-state index is -0.378. The Labute approximate surface area is 113 Å². The summed E-state index contributed by atoms with van der Waals surface area (Å²) in [5.41, 5.74) is 0.352. The van der Waals surface area contributed by atoms with Gasteiger partial charge < -0.3 is 5.32 Å². The van der Waals surface area contributed by atoms with Crippen LogP contribution in [0.3, 0.4) is 0 Å². The molecule has 1 rings (SSSR count). The number of nitrogens with one attached hydrogen (secondary N) is 1. The van der Waals surface area contributed by atoms with Crippen molar-refractivity contribution in [1.82, 2.24) is 5.32 Å². The predicted molar refractivity (Wildman–Crippen MR) is 72.5 cm³/mol. The highest BCUT2D eigenvalue weighted by Crippen LogP contribution is 2.16. The molecule has 0 atom stereocenters. The normalized spacial score (nSPS) is 11.6. The second-order valence-corrected chi connectivity index (χ2v) is 5.81. The van der Waals surface area contributed by atoms with Crippen LogP contribution in [0.2, 0.25) is 5.02 Å². The largest absolute Gasteiger partial charge is 0.312 e. The van der Waals surface area contributed by atoms with E-state index in [-0.39, 0.29) is 23.6 Å². The summed E-state index contributed by atoms with van der Waals surface area (Å²) in [6.45, 7) is 6.71. The fourth-order valence-corrected chi connectivity index (χ4v) is 1.75. The molecule has 4 heteroatoms. The van der Waals surface area contributed by atoms with E-state index in [1.165, 1.54) is 18.2 Å². The topological polar surface area (TPSA) is 29.1 Å². The van der Waals surface area contributed by atoms with Crippen LogP contribution in [-0.4, -0.2) is 17.9 Å². The molecule has 0 unspecified atom stereocenters. The van der Waals surface area contributed by atoms with Crippen LogP contribution in [0, 0.1) is 5.82 Å². The predicted octanol–water partition coefficient (Wildman–Crippen LogP) is 3.37. The number of benzene rings is 1. The van der Waals surface area contributed by atoms with Crippen LogP contribution in [-0.2, 0) is 11.2 Å². The molecule has 0 heterocycles. The Morgan fingerprint density at radius 1 is 1.39 bits per heavy atom. The first-order valence-corrected chi connectivity index (χ1v) is 6.36. The minimum absolute atomic E-state index is 0.00733. The molecule has 0 spiro atoms. The van der Waals surface area contributed by atoms with Crippen molar-refractivity contribution >= 4 is 17.4 Å². The summed E-state index contributed by atoms with van der Waals surface area (Å²) in [4.78, 5) is 11.7. The molecule has 0 saturated heterocycles. The molecule has 0 bridgehead atoms. The first-order valence-electron chi connectivity index (χ1n) is 5.98. The maximum Gasteiger partial charge on any atom is 0.138 e. The molecule has 0 saturated carbocycles. The van der Waals surface area contributed by atoms with Crippen LogP contribution in [0.4, 0.5) is 4.39 Å². The summed E-state index contributed by atoms with van der Waals surface area (Å²) in [5, 5.41) is 3.67. The number of hydrogen-bond acceptors (Lipinski definition) is 2. The van der Waals surface area contributed by atoms with E-state index in [4.69, 9.17) is 11.6 Å². The average molecular weight is 272 g/mol. The van der Waals surface area contributed by atoms with Crippen molar-refractivity contribution in [2.24, 2.45) is 0 Å². The Morgan fingerprint density at radius 3 is 2.67 bits per heavy atom. The van der Waals surface area contributed by atoms with Crippen LogP contribution in [0.25, 0.3) is 0 Å². The third-order valence-electron chi connectivity index (χ3n) is 2.45. The molecule has 1 aromatic carbocycles. The second kappa shape index (κ2) is 6.30. The number of Topliss-reactive ketones (excluding diaryl/α,β-unsaturated/α-hetero) is 1. The summed E-state index contributed by atoms with van der Waals surface area (Å²) in [5.74, 6) is -0.371. The van der Waals surface area contributed by atoms with Gasteiger partial charge in [0.1, 0.15) is 11.6 Å². The van der Waals surface area contributed by atoms with E-state index in [2.05, 4.69) is 5.32 Å². The van der Waals surface area contributed by atoms with Gasteiger partial charge in [-0.25, -0.2) is 4.39 Å². The molecule has 0 fully saturated rings. The SMILES string of the molecule is CC(C)(C)NCCC(=O)Cc1cc(Cl)ccc1F. The van der Waals surface area contributed by atoms with Gasteiger partial charge in [-0.05, 0) is 44.5 Å². The zero-order chi connectivity index (χ0) is 13.8. The van der Waals surface area contributed by atoms with Gasteiger partial charge in [-0.2, -0.15) is 0 Å². The molecule has 0 aromatic heterocycles. The van der Waals surface area contributed by atoms with Gasteiger partial charge in [-0.1, -0.05) is 11.6 Å². The van der Waals surface area contributed by atoms with Crippen LogP contribution >= 0.6 is 11.6 Å². The van der Waals surface area contributed by atoms with E-state index in [0.717, 1.165) is 0 Å².